The maximum atomic E-state index is 13.0. The zero-order valence-corrected chi connectivity index (χ0v) is 22.6. The molecule has 0 aromatic rings. The van der Waals surface area contributed by atoms with Crippen molar-refractivity contribution in [3.8, 4) is 0 Å². The number of nitrogens with one attached hydrogen (secondary N) is 2. The van der Waals surface area contributed by atoms with E-state index in [1.807, 2.05) is 18.2 Å². The van der Waals surface area contributed by atoms with Gasteiger partial charge in [-0.25, -0.2) is 0 Å². The quantitative estimate of drug-likeness (QED) is 0.199. The summed E-state index contributed by atoms with van der Waals surface area (Å²) in [4.78, 5) is 25.2. The van der Waals surface area contributed by atoms with E-state index in [4.69, 9.17) is 4.74 Å². The summed E-state index contributed by atoms with van der Waals surface area (Å²) in [5, 5.41) is 6.58. The van der Waals surface area contributed by atoms with Crippen molar-refractivity contribution in [3.63, 3.8) is 0 Å². The highest BCUT2D eigenvalue weighted by molar-refractivity contribution is 14.1. The average molecular weight is 567 g/mol. The average Bonchev–Trinajstić information content (AvgIpc) is 3.22. The molecular weight excluding hydrogens is 527 g/mol. The lowest BCUT2D eigenvalue weighted by Gasteiger charge is -2.27. The predicted octanol–water partition coefficient (Wildman–Crippen LogP) is 4.97. The molecule has 2 bridgehead atoms. The molecule has 1 aliphatic heterocycles. The number of carbonyl (C=O) groups excluding carboxylic acids is 2. The van der Waals surface area contributed by atoms with Gasteiger partial charge in [0.1, 0.15) is 0 Å². The normalized spacial score (nSPS) is 27.8. The molecule has 0 spiro atoms. The number of ketones is 1. The number of allylic oxidation sites excluding steroid dienone is 5. The number of fused-ring (bicyclic) bond motifs is 4. The smallest absolute Gasteiger partial charge is 0.220 e. The van der Waals surface area contributed by atoms with Crippen LogP contribution in [0.25, 0.3) is 0 Å². The third kappa shape index (κ3) is 7.89. The van der Waals surface area contributed by atoms with Crippen LogP contribution >= 0.6 is 22.6 Å². The van der Waals surface area contributed by atoms with Crippen molar-refractivity contribution in [2.75, 3.05) is 13.2 Å². The number of hydrogen-bond acceptors (Lipinski definition) is 4. The molecule has 3 rings (SSSR count). The van der Waals surface area contributed by atoms with Gasteiger partial charge in [0.25, 0.3) is 0 Å². The van der Waals surface area contributed by atoms with E-state index in [1.165, 1.54) is 5.57 Å². The molecule has 6 heteroatoms. The Morgan fingerprint density at radius 2 is 1.91 bits per heavy atom. The molecule has 0 radical (unpaired) electrons. The highest BCUT2D eigenvalue weighted by atomic mass is 127. The van der Waals surface area contributed by atoms with Crippen LogP contribution in [0.5, 0.6) is 0 Å². The predicted molar refractivity (Wildman–Crippen MR) is 142 cm³/mol. The SMILES string of the molecule is CC(C)(I)CCOC(C)(C)CCC(=O)NCCCCC1NC2C3=CC(=C/C=C\C=C/3)\C2C1=O. The van der Waals surface area contributed by atoms with Crippen LogP contribution in [0.3, 0.4) is 0 Å². The number of halogens is 1. The summed E-state index contributed by atoms with van der Waals surface area (Å²) in [6, 6.07) is 0.0169. The van der Waals surface area contributed by atoms with Gasteiger partial charge in [0.05, 0.1) is 17.6 Å². The summed E-state index contributed by atoms with van der Waals surface area (Å²) in [5.74, 6) is 0.327. The van der Waals surface area contributed by atoms with Gasteiger partial charge in [0.2, 0.25) is 5.91 Å². The lowest BCUT2D eigenvalue weighted by molar-refractivity contribution is -0.123. The Kier molecular flexibility index (Phi) is 9.15. The van der Waals surface area contributed by atoms with E-state index in [0.717, 1.165) is 31.3 Å². The fourth-order valence-electron chi connectivity index (χ4n) is 4.57. The maximum Gasteiger partial charge on any atom is 0.220 e. The van der Waals surface area contributed by atoms with Gasteiger partial charge in [-0.05, 0) is 57.1 Å². The highest BCUT2D eigenvalue weighted by Gasteiger charge is 2.46. The van der Waals surface area contributed by atoms with Gasteiger partial charge in [-0.15, -0.1) is 0 Å². The Bertz CT molecular complexity index is 848. The highest BCUT2D eigenvalue weighted by Crippen LogP contribution is 2.38. The molecular formula is C27H39IN2O3. The van der Waals surface area contributed by atoms with Gasteiger partial charge in [-0.3, -0.25) is 14.9 Å². The van der Waals surface area contributed by atoms with Crippen molar-refractivity contribution in [2.24, 2.45) is 5.92 Å². The molecule has 3 atom stereocenters. The first-order chi connectivity index (χ1) is 15.6. The fourth-order valence-corrected chi connectivity index (χ4v) is 4.79. The van der Waals surface area contributed by atoms with E-state index >= 15 is 0 Å². The first kappa shape index (κ1) is 26.4. The summed E-state index contributed by atoms with van der Waals surface area (Å²) in [5.41, 5.74) is 2.02. The summed E-state index contributed by atoms with van der Waals surface area (Å²) in [6.45, 7) is 9.86. The third-order valence-electron chi connectivity index (χ3n) is 6.60. The molecule has 33 heavy (non-hydrogen) atoms. The minimum atomic E-state index is -0.294. The molecule has 1 amide bonds. The van der Waals surface area contributed by atoms with Gasteiger partial charge >= 0.3 is 0 Å². The van der Waals surface area contributed by atoms with Crippen LogP contribution in [0.15, 0.2) is 47.6 Å². The topological polar surface area (TPSA) is 67.4 Å². The van der Waals surface area contributed by atoms with Crippen LogP contribution in [0, 0.1) is 5.92 Å². The van der Waals surface area contributed by atoms with Crippen LogP contribution in [-0.4, -0.2) is 45.9 Å². The molecule has 1 fully saturated rings. The van der Waals surface area contributed by atoms with Gasteiger partial charge in [0, 0.05) is 29.0 Å². The zero-order valence-electron chi connectivity index (χ0n) is 20.5. The van der Waals surface area contributed by atoms with E-state index < -0.39 is 0 Å². The van der Waals surface area contributed by atoms with E-state index in [9.17, 15) is 9.59 Å². The monoisotopic (exact) mass is 566 g/mol. The van der Waals surface area contributed by atoms with Gasteiger partial charge in [-0.1, -0.05) is 72.9 Å². The van der Waals surface area contributed by atoms with E-state index in [0.29, 0.717) is 31.8 Å². The first-order valence-electron chi connectivity index (χ1n) is 12.2. The minimum absolute atomic E-state index is 0.0503. The summed E-state index contributed by atoms with van der Waals surface area (Å²) < 4.78 is 6.23. The Morgan fingerprint density at radius 1 is 1.12 bits per heavy atom. The van der Waals surface area contributed by atoms with Gasteiger partial charge in [0.15, 0.2) is 5.78 Å². The van der Waals surface area contributed by atoms with Crippen LogP contribution in [0.4, 0.5) is 0 Å². The van der Waals surface area contributed by atoms with Crippen molar-refractivity contribution < 1.29 is 14.3 Å². The van der Waals surface area contributed by atoms with Crippen LogP contribution < -0.4 is 10.6 Å². The molecule has 3 aliphatic rings. The molecule has 0 aromatic carbocycles. The van der Waals surface area contributed by atoms with Crippen molar-refractivity contribution in [1.82, 2.24) is 10.6 Å². The maximum absolute atomic E-state index is 13.0. The Labute approximate surface area is 212 Å². The number of Topliss-reactive ketones (excluding diaryl/α,β-unsaturated/α-hetero) is 1. The number of amides is 1. The van der Waals surface area contributed by atoms with Crippen LogP contribution in [0.2, 0.25) is 0 Å². The third-order valence-corrected chi connectivity index (χ3v) is 7.14. The molecule has 3 unspecified atom stereocenters. The second-order valence-electron chi connectivity index (χ2n) is 10.6. The summed E-state index contributed by atoms with van der Waals surface area (Å²) in [7, 11) is 0. The number of ether oxygens (including phenoxy) is 1. The van der Waals surface area contributed by atoms with Crippen LogP contribution in [0.1, 0.15) is 66.2 Å². The molecule has 1 heterocycles. The van der Waals surface area contributed by atoms with Crippen molar-refractivity contribution in [2.45, 2.75) is 87.3 Å². The number of rotatable bonds is 12. The number of carbonyl (C=O) groups is 2. The van der Waals surface area contributed by atoms with Crippen LogP contribution in [-0.2, 0) is 14.3 Å². The Morgan fingerprint density at radius 3 is 2.67 bits per heavy atom. The molecule has 2 N–H and O–H groups in total. The Hall–Kier alpha value is -1.25. The largest absolute Gasteiger partial charge is 0.376 e. The number of alkyl halides is 1. The molecule has 2 aliphatic carbocycles. The fraction of sp³-hybridized carbons (Fsp3) is 0.630. The van der Waals surface area contributed by atoms with Crippen molar-refractivity contribution in [3.05, 3.63) is 47.6 Å². The van der Waals surface area contributed by atoms with Crippen molar-refractivity contribution >= 4 is 34.3 Å². The molecule has 5 nitrogen and oxygen atoms in total. The lowest BCUT2D eigenvalue weighted by atomic mass is 9.92. The zero-order chi connectivity index (χ0) is 24.1. The molecule has 182 valence electrons. The Balaban J connectivity index is 1.30. The lowest BCUT2D eigenvalue weighted by Crippen LogP contribution is -2.33. The molecule has 0 aromatic heterocycles. The molecule has 0 saturated carbocycles. The van der Waals surface area contributed by atoms with Gasteiger partial charge in [-0.2, -0.15) is 0 Å². The van der Waals surface area contributed by atoms with Gasteiger partial charge < -0.3 is 10.1 Å². The second-order valence-corrected chi connectivity index (χ2v) is 13.5. The van der Waals surface area contributed by atoms with E-state index in [-0.39, 0.29) is 32.9 Å². The summed E-state index contributed by atoms with van der Waals surface area (Å²) >= 11 is 2.43. The standard InChI is InChI=1S/C27H39IN2O3/c1-26(2,28)15-17-33-27(3,4)14-13-22(31)29-16-9-8-12-21-25(32)23-19-10-6-5-7-11-20(18-19)24(23)30-21/h5-7,10-11,18,21,23-24,30H,8-9,12-17H2,1-4H3,(H,29,31)/b6-5-,7-5?,10-6?,11-7-,19-10+,20-11?. The van der Waals surface area contributed by atoms with Crippen molar-refractivity contribution in [1.29, 1.82) is 0 Å². The van der Waals surface area contributed by atoms with E-state index in [2.05, 4.69) is 79.1 Å². The number of hydrogen-bond donors (Lipinski definition) is 2. The number of unbranched alkanes of at least 4 members (excludes halogenated alkanes) is 1. The summed E-state index contributed by atoms with van der Waals surface area (Å²) in [6.07, 6.45) is 17.1. The minimum Gasteiger partial charge on any atom is -0.376 e. The second kappa shape index (κ2) is 11.5. The molecule has 1 saturated heterocycles. The first-order valence-corrected chi connectivity index (χ1v) is 13.3. The van der Waals surface area contributed by atoms with E-state index in [1.54, 1.807) is 0 Å².